The molecule has 0 aromatic heterocycles. The van der Waals surface area contributed by atoms with Gasteiger partial charge in [0.25, 0.3) is 5.91 Å². The summed E-state index contributed by atoms with van der Waals surface area (Å²) in [7, 11) is 1.50. The zero-order valence-corrected chi connectivity index (χ0v) is 14.1. The lowest BCUT2D eigenvalue weighted by molar-refractivity contribution is 0.102. The summed E-state index contributed by atoms with van der Waals surface area (Å²) < 4.78 is 19.6. The van der Waals surface area contributed by atoms with Crippen molar-refractivity contribution in [2.45, 2.75) is 0 Å². The molecule has 0 aliphatic rings. The average molecular weight is 418 g/mol. The molecule has 4 nitrogen and oxygen atoms in total. The molecule has 0 aliphatic carbocycles. The fourth-order valence-corrected chi connectivity index (χ4v) is 2.56. The number of ether oxygens (including phenoxy) is 1. The van der Waals surface area contributed by atoms with Crippen molar-refractivity contribution < 1.29 is 13.9 Å². The van der Waals surface area contributed by atoms with Gasteiger partial charge in [-0.1, -0.05) is 15.9 Å². The fraction of sp³-hybridized carbons (Fsp3) is 0.0714. The summed E-state index contributed by atoms with van der Waals surface area (Å²) >= 11 is 6.47. The highest BCUT2D eigenvalue weighted by molar-refractivity contribution is 9.10. The number of carbonyl (C=O) groups is 1. The summed E-state index contributed by atoms with van der Waals surface area (Å²) in [6.07, 6.45) is 0. The first-order valence-corrected chi connectivity index (χ1v) is 7.40. The summed E-state index contributed by atoms with van der Waals surface area (Å²) in [5.74, 6) is -0.499. The molecule has 110 valence electrons. The Kier molecular flexibility index (Phi) is 4.84. The first kappa shape index (κ1) is 15.8. The van der Waals surface area contributed by atoms with E-state index in [1.807, 2.05) is 0 Å². The first-order valence-electron chi connectivity index (χ1n) is 5.81. The van der Waals surface area contributed by atoms with Crippen LogP contribution < -0.4 is 15.8 Å². The summed E-state index contributed by atoms with van der Waals surface area (Å²) in [6.45, 7) is 0. The third-order valence-electron chi connectivity index (χ3n) is 2.74. The SMILES string of the molecule is COc1ccc(Br)cc1NC(=O)c1cc(N)c(F)cc1Br. The zero-order chi connectivity index (χ0) is 15.6. The minimum absolute atomic E-state index is 0.0930. The van der Waals surface area contributed by atoms with Gasteiger partial charge in [0.1, 0.15) is 11.6 Å². The Hall–Kier alpha value is -1.60. The maximum atomic E-state index is 13.3. The molecule has 0 heterocycles. The van der Waals surface area contributed by atoms with Gasteiger partial charge in [0.05, 0.1) is 24.0 Å². The zero-order valence-electron chi connectivity index (χ0n) is 10.9. The van der Waals surface area contributed by atoms with E-state index in [0.29, 0.717) is 15.9 Å². The van der Waals surface area contributed by atoms with E-state index in [-0.39, 0.29) is 11.3 Å². The van der Waals surface area contributed by atoms with Crippen LogP contribution in [0, 0.1) is 5.82 Å². The Balaban J connectivity index is 2.34. The van der Waals surface area contributed by atoms with Crippen molar-refractivity contribution in [1.82, 2.24) is 0 Å². The van der Waals surface area contributed by atoms with Crippen LogP contribution in [0.5, 0.6) is 5.75 Å². The van der Waals surface area contributed by atoms with Crippen molar-refractivity contribution in [3.8, 4) is 5.75 Å². The number of methoxy groups -OCH3 is 1. The van der Waals surface area contributed by atoms with Gasteiger partial charge in [-0.2, -0.15) is 0 Å². The van der Waals surface area contributed by atoms with E-state index in [0.717, 1.165) is 10.5 Å². The number of amides is 1. The summed E-state index contributed by atoms with van der Waals surface area (Å²) in [4.78, 5) is 12.3. The second-order valence-corrected chi connectivity index (χ2v) is 5.92. The van der Waals surface area contributed by atoms with Gasteiger partial charge in [0.2, 0.25) is 0 Å². The Bertz CT molecular complexity index is 708. The van der Waals surface area contributed by atoms with E-state index >= 15 is 0 Å². The maximum absolute atomic E-state index is 13.3. The van der Waals surface area contributed by atoms with Gasteiger partial charge in [0.15, 0.2) is 0 Å². The smallest absolute Gasteiger partial charge is 0.256 e. The van der Waals surface area contributed by atoms with Crippen molar-refractivity contribution in [2.75, 3.05) is 18.2 Å². The predicted octanol–water partition coefficient (Wildman–Crippen LogP) is 4.19. The average Bonchev–Trinajstić information content (AvgIpc) is 2.43. The second-order valence-electron chi connectivity index (χ2n) is 4.15. The van der Waals surface area contributed by atoms with E-state index in [4.69, 9.17) is 10.5 Å². The highest BCUT2D eigenvalue weighted by Gasteiger charge is 2.15. The van der Waals surface area contributed by atoms with E-state index in [2.05, 4.69) is 37.2 Å². The number of rotatable bonds is 3. The van der Waals surface area contributed by atoms with Gasteiger partial charge in [-0.05, 0) is 46.3 Å². The van der Waals surface area contributed by atoms with Crippen molar-refractivity contribution in [3.05, 3.63) is 50.7 Å². The Morgan fingerprint density at radius 2 is 2.00 bits per heavy atom. The van der Waals surface area contributed by atoms with Crippen LogP contribution in [0.15, 0.2) is 39.3 Å². The van der Waals surface area contributed by atoms with Gasteiger partial charge in [-0.15, -0.1) is 0 Å². The standard InChI is InChI=1S/C14H11Br2FN2O2/c1-21-13-3-2-7(15)4-12(13)19-14(20)8-5-11(18)10(17)6-9(8)16/h2-6H,18H2,1H3,(H,19,20). The number of nitrogen functional groups attached to an aromatic ring is 1. The molecule has 0 aliphatic heterocycles. The Morgan fingerprint density at radius 1 is 1.29 bits per heavy atom. The van der Waals surface area contributed by atoms with Crippen LogP contribution >= 0.6 is 31.9 Å². The van der Waals surface area contributed by atoms with Crippen molar-refractivity contribution in [1.29, 1.82) is 0 Å². The number of hydrogen-bond donors (Lipinski definition) is 2. The lowest BCUT2D eigenvalue weighted by Crippen LogP contribution is -2.14. The highest BCUT2D eigenvalue weighted by atomic mass is 79.9. The van der Waals surface area contributed by atoms with Crippen LogP contribution in [0.2, 0.25) is 0 Å². The third-order valence-corrected chi connectivity index (χ3v) is 3.89. The number of halogens is 3. The summed E-state index contributed by atoms with van der Waals surface area (Å²) in [5, 5.41) is 2.70. The van der Waals surface area contributed by atoms with Crippen LogP contribution in [-0.2, 0) is 0 Å². The number of carbonyl (C=O) groups excluding carboxylic acids is 1. The van der Waals surface area contributed by atoms with Gasteiger partial charge in [-0.3, -0.25) is 4.79 Å². The van der Waals surface area contributed by atoms with E-state index < -0.39 is 11.7 Å². The van der Waals surface area contributed by atoms with Crippen molar-refractivity contribution in [2.24, 2.45) is 0 Å². The molecule has 0 unspecified atom stereocenters. The second kappa shape index (κ2) is 6.44. The van der Waals surface area contributed by atoms with Gasteiger partial charge in [0, 0.05) is 8.95 Å². The quantitative estimate of drug-likeness (QED) is 0.735. The molecule has 2 aromatic rings. The molecule has 0 spiro atoms. The first-order chi connectivity index (χ1) is 9.92. The molecule has 2 aromatic carbocycles. The molecule has 0 bridgehead atoms. The van der Waals surface area contributed by atoms with Crippen LogP contribution in [0.4, 0.5) is 15.8 Å². The lowest BCUT2D eigenvalue weighted by Gasteiger charge is -2.12. The van der Waals surface area contributed by atoms with Gasteiger partial charge >= 0.3 is 0 Å². The van der Waals surface area contributed by atoms with Gasteiger partial charge in [-0.25, -0.2) is 4.39 Å². The number of hydrogen-bond acceptors (Lipinski definition) is 3. The van der Waals surface area contributed by atoms with Crippen molar-refractivity contribution in [3.63, 3.8) is 0 Å². The van der Waals surface area contributed by atoms with E-state index in [9.17, 15) is 9.18 Å². The van der Waals surface area contributed by atoms with Crippen LogP contribution in [0.3, 0.4) is 0 Å². The topological polar surface area (TPSA) is 64.3 Å². The molecule has 2 rings (SSSR count). The number of anilines is 2. The molecule has 0 atom stereocenters. The normalized spacial score (nSPS) is 10.3. The highest BCUT2D eigenvalue weighted by Crippen LogP contribution is 2.30. The number of nitrogens with one attached hydrogen (secondary N) is 1. The summed E-state index contributed by atoms with van der Waals surface area (Å²) in [6, 6.07) is 7.65. The number of nitrogens with two attached hydrogens (primary N) is 1. The van der Waals surface area contributed by atoms with Crippen LogP contribution in [-0.4, -0.2) is 13.0 Å². The number of benzene rings is 2. The molecule has 21 heavy (non-hydrogen) atoms. The molecule has 1 amide bonds. The maximum Gasteiger partial charge on any atom is 0.256 e. The predicted molar refractivity (Wildman–Crippen MR) is 87.2 cm³/mol. The molecule has 0 fully saturated rings. The van der Waals surface area contributed by atoms with Crippen LogP contribution in [0.1, 0.15) is 10.4 Å². The minimum atomic E-state index is -0.585. The molecule has 0 saturated heterocycles. The van der Waals surface area contributed by atoms with Crippen molar-refractivity contribution >= 4 is 49.1 Å². The molecule has 0 saturated carbocycles. The third kappa shape index (κ3) is 3.54. The Labute approximate surface area is 137 Å². The fourth-order valence-electron chi connectivity index (χ4n) is 1.71. The molecular weight excluding hydrogens is 407 g/mol. The minimum Gasteiger partial charge on any atom is -0.495 e. The van der Waals surface area contributed by atoms with E-state index in [1.54, 1.807) is 18.2 Å². The Morgan fingerprint density at radius 3 is 2.67 bits per heavy atom. The monoisotopic (exact) mass is 416 g/mol. The molecule has 3 N–H and O–H groups in total. The van der Waals surface area contributed by atoms with Gasteiger partial charge < -0.3 is 15.8 Å². The molecular formula is C14H11Br2FN2O2. The lowest BCUT2D eigenvalue weighted by atomic mass is 10.1. The molecule has 7 heteroatoms. The molecule has 0 radical (unpaired) electrons. The summed E-state index contributed by atoms with van der Waals surface area (Å²) in [5.41, 5.74) is 6.12. The van der Waals surface area contributed by atoms with Crippen LogP contribution in [0.25, 0.3) is 0 Å². The largest absolute Gasteiger partial charge is 0.495 e. The van der Waals surface area contributed by atoms with E-state index in [1.165, 1.54) is 13.2 Å².